The van der Waals surface area contributed by atoms with Crippen molar-refractivity contribution in [2.24, 2.45) is 0 Å². The third-order valence-corrected chi connectivity index (χ3v) is 5.59. The molecule has 1 aromatic heterocycles. The van der Waals surface area contributed by atoms with Crippen LogP contribution < -0.4 is 14.8 Å². The molecule has 2 aliphatic heterocycles. The van der Waals surface area contributed by atoms with Gasteiger partial charge in [0, 0.05) is 43.1 Å². The molecule has 8 heteroatoms. The number of hydrogen-bond acceptors (Lipinski definition) is 8. The van der Waals surface area contributed by atoms with Crippen molar-refractivity contribution in [2.45, 2.75) is 23.8 Å². The molecule has 0 amide bonds. The van der Waals surface area contributed by atoms with E-state index in [-0.39, 0.29) is 6.04 Å². The van der Waals surface area contributed by atoms with Gasteiger partial charge in [0.2, 0.25) is 5.89 Å². The second-order valence-electron chi connectivity index (χ2n) is 6.50. The van der Waals surface area contributed by atoms with Gasteiger partial charge in [0.1, 0.15) is 0 Å². The summed E-state index contributed by atoms with van der Waals surface area (Å²) in [4.78, 5) is 8.00. The van der Waals surface area contributed by atoms with E-state index in [2.05, 4.69) is 33.5 Å². The molecule has 2 aliphatic rings. The molecule has 0 bridgehead atoms. The molecule has 0 spiro atoms. The molecule has 1 fully saturated rings. The normalized spacial score (nSPS) is 20.7. The number of likely N-dealkylation sites (N-methyl/N-ethyl adjacent to an activating group) is 1. The van der Waals surface area contributed by atoms with E-state index in [0.29, 0.717) is 19.1 Å². The van der Waals surface area contributed by atoms with E-state index in [1.165, 1.54) is 0 Å². The SMILES string of the molecule is CN1CCNCC1c1noc(CCSc2ccc3c(c2)OCCCO3)n1. The number of aryl methyl sites for hydroxylation is 1. The summed E-state index contributed by atoms with van der Waals surface area (Å²) in [5, 5.41) is 7.55. The quantitative estimate of drug-likeness (QED) is 0.796. The van der Waals surface area contributed by atoms with Gasteiger partial charge in [-0.3, -0.25) is 4.90 Å². The molecule has 1 aromatic carbocycles. The van der Waals surface area contributed by atoms with Crippen molar-refractivity contribution in [2.75, 3.05) is 45.6 Å². The van der Waals surface area contributed by atoms with E-state index in [9.17, 15) is 0 Å². The highest BCUT2D eigenvalue weighted by atomic mass is 32.2. The van der Waals surface area contributed by atoms with Gasteiger partial charge < -0.3 is 19.3 Å². The summed E-state index contributed by atoms with van der Waals surface area (Å²) in [6.07, 6.45) is 1.67. The van der Waals surface area contributed by atoms with Crippen LogP contribution in [-0.4, -0.2) is 60.7 Å². The van der Waals surface area contributed by atoms with Crippen molar-refractivity contribution >= 4 is 11.8 Å². The second-order valence-corrected chi connectivity index (χ2v) is 7.67. The number of rotatable bonds is 5. The number of piperazine rings is 1. The summed E-state index contributed by atoms with van der Waals surface area (Å²) >= 11 is 1.75. The fourth-order valence-electron chi connectivity index (χ4n) is 3.09. The van der Waals surface area contributed by atoms with Gasteiger partial charge in [0.15, 0.2) is 17.3 Å². The standard InChI is InChI=1S/C18H24N4O3S/c1-22-7-6-19-12-14(22)18-20-17(25-21-18)5-10-26-13-3-4-15-16(11-13)24-9-2-8-23-15/h3-4,11,14,19H,2,5-10,12H2,1H3. The number of benzene rings is 1. The molecule has 140 valence electrons. The molecule has 0 saturated carbocycles. The average Bonchev–Trinajstić information content (AvgIpc) is 2.99. The maximum atomic E-state index is 5.74. The van der Waals surface area contributed by atoms with Gasteiger partial charge in [-0.25, -0.2) is 0 Å². The van der Waals surface area contributed by atoms with E-state index < -0.39 is 0 Å². The zero-order valence-electron chi connectivity index (χ0n) is 14.9. The Morgan fingerprint density at radius 2 is 2.15 bits per heavy atom. The molecule has 2 aromatic rings. The summed E-state index contributed by atoms with van der Waals surface area (Å²) < 4.78 is 16.9. The van der Waals surface area contributed by atoms with Crippen molar-refractivity contribution in [3.05, 3.63) is 29.9 Å². The monoisotopic (exact) mass is 376 g/mol. The highest BCUT2D eigenvalue weighted by Crippen LogP contribution is 2.34. The first-order chi connectivity index (χ1) is 12.8. The molecule has 3 heterocycles. The fraction of sp³-hybridized carbons (Fsp3) is 0.556. The maximum Gasteiger partial charge on any atom is 0.227 e. The lowest BCUT2D eigenvalue weighted by molar-refractivity contribution is 0.190. The predicted molar refractivity (Wildman–Crippen MR) is 99.0 cm³/mol. The van der Waals surface area contributed by atoms with Crippen molar-refractivity contribution in [1.82, 2.24) is 20.4 Å². The number of ether oxygens (including phenoxy) is 2. The van der Waals surface area contributed by atoms with Crippen LogP contribution in [-0.2, 0) is 6.42 Å². The molecular weight excluding hydrogens is 352 g/mol. The molecule has 4 rings (SSSR count). The van der Waals surface area contributed by atoms with Crippen LogP contribution in [0.1, 0.15) is 24.2 Å². The smallest absolute Gasteiger partial charge is 0.227 e. The number of nitrogens with one attached hydrogen (secondary N) is 1. The van der Waals surface area contributed by atoms with Crippen LogP contribution in [0.15, 0.2) is 27.6 Å². The Labute approximate surface area is 157 Å². The average molecular weight is 376 g/mol. The lowest BCUT2D eigenvalue weighted by Crippen LogP contribution is -2.44. The van der Waals surface area contributed by atoms with Gasteiger partial charge in [-0.15, -0.1) is 11.8 Å². The Bertz CT molecular complexity index is 739. The molecule has 1 N–H and O–H groups in total. The number of hydrogen-bond donors (Lipinski definition) is 1. The van der Waals surface area contributed by atoms with Crippen LogP contribution in [0.3, 0.4) is 0 Å². The highest BCUT2D eigenvalue weighted by molar-refractivity contribution is 7.99. The highest BCUT2D eigenvalue weighted by Gasteiger charge is 2.25. The third-order valence-electron chi connectivity index (χ3n) is 4.60. The number of fused-ring (bicyclic) bond motifs is 1. The zero-order chi connectivity index (χ0) is 17.8. The first kappa shape index (κ1) is 17.6. The molecular formula is C18H24N4O3S. The van der Waals surface area contributed by atoms with Crippen molar-refractivity contribution in [1.29, 1.82) is 0 Å². The van der Waals surface area contributed by atoms with E-state index in [1.54, 1.807) is 11.8 Å². The van der Waals surface area contributed by atoms with Crippen molar-refractivity contribution in [3.63, 3.8) is 0 Å². The minimum atomic E-state index is 0.190. The van der Waals surface area contributed by atoms with Gasteiger partial charge in [0.25, 0.3) is 0 Å². The molecule has 1 saturated heterocycles. The predicted octanol–water partition coefficient (Wildman–Crippen LogP) is 2.14. The molecule has 1 unspecified atom stereocenters. The minimum Gasteiger partial charge on any atom is -0.490 e. The van der Waals surface area contributed by atoms with Crippen LogP contribution in [0.4, 0.5) is 0 Å². The summed E-state index contributed by atoms with van der Waals surface area (Å²) in [6.45, 7) is 4.28. The number of thioether (sulfide) groups is 1. The lowest BCUT2D eigenvalue weighted by Gasteiger charge is -2.30. The maximum absolute atomic E-state index is 5.74. The van der Waals surface area contributed by atoms with Crippen LogP contribution >= 0.6 is 11.8 Å². The Balaban J connectivity index is 1.32. The summed E-state index contributed by atoms with van der Waals surface area (Å²) in [7, 11) is 2.10. The van der Waals surface area contributed by atoms with Crippen molar-refractivity contribution < 1.29 is 14.0 Å². The van der Waals surface area contributed by atoms with E-state index in [0.717, 1.165) is 60.4 Å². The van der Waals surface area contributed by atoms with Crippen LogP contribution in [0.25, 0.3) is 0 Å². The van der Waals surface area contributed by atoms with E-state index in [1.807, 2.05) is 12.1 Å². The molecule has 0 radical (unpaired) electrons. The topological polar surface area (TPSA) is 72.7 Å². The molecule has 7 nitrogen and oxygen atoms in total. The lowest BCUT2D eigenvalue weighted by atomic mass is 10.2. The summed E-state index contributed by atoms with van der Waals surface area (Å²) in [6, 6.07) is 6.29. The largest absolute Gasteiger partial charge is 0.490 e. The minimum absolute atomic E-state index is 0.190. The third kappa shape index (κ3) is 4.13. The van der Waals surface area contributed by atoms with Gasteiger partial charge in [-0.1, -0.05) is 5.16 Å². The first-order valence-electron chi connectivity index (χ1n) is 9.05. The Morgan fingerprint density at radius 1 is 1.27 bits per heavy atom. The van der Waals surface area contributed by atoms with Crippen LogP contribution in [0.2, 0.25) is 0 Å². The molecule has 26 heavy (non-hydrogen) atoms. The molecule has 0 aliphatic carbocycles. The fourth-order valence-corrected chi connectivity index (χ4v) is 3.96. The van der Waals surface area contributed by atoms with E-state index >= 15 is 0 Å². The Hall–Kier alpha value is -1.77. The summed E-state index contributed by atoms with van der Waals surface area (Å²) in [5.74, 6) is 4.01. The van der Waals surface area contributed by atoms with E-state index in [4.69, 9.17) is 14.0 Å². The molecule has 1 atom stereocenters. The van der Waals surface area contributed by atoms with Crippen LogP contribution in [0, 0.1) is 0 Å². The second kappa shape index (κ2) is 8.28. The number of aromatic nitrogens is 2. The summed E-state index contributed by atoms with van der Waals surface area (Å²) in [5.41, 5.74) is 0. The van der Waals surface area contributed by atoms with Gasteiger partial charge >= 0.3 is 0 Å². The van der Waals surface area contributed by atoms with Crippen LogP contribution in [0.5, 0.6) is 11.5 Å². The Morgan fingerprint density at radius 3 is 3.04 bits per heavy atom. The van der Waals surface area contributed by atoms with Gasteiger partial charge in [-0.2, -0.15) is 4.98 Å². The van der Waals surface area contributed by atoms with Gasteiger partial charge in [-0.05, 0) is 25.2 Å². The number of nitrogens with zero attached hydrogens (tertiary/aromatic N) is 3. The zero-order valence-corrected chi connectivity index (χ0v) is 15.8. The van der Waals surface area contributed by atoms with Gasteiger partial charge in [0.05, 0.1) is 19.3 Å². The van der Waals surface area contributed by atoms with Crippen molar-refractivity contribution in [3.8, 4) is 11.5 Å². The first-order valence-corrected chi connectivity index (χ1v) is 10.0. The Kier molecular flexibility index (Phi) is 5.62.